The molecule has 0 bridgehead atoms. The van der Waals surface area contributed by atoms with Crippen LogP contribution in [0.1, 0.15) is 15.9 Å². The predicted octanol–water partition coefficient (Wildman–Crippen LogP) is 5.18. The number of carbonyl (C=O) groups is 1. The van der Waals surface area contributed by atoms with Crippen LogP contribution >= 0.6 is 27.3 Å². The molecule has 1 aromatic heterocycles. The molecule has 1 heterocycles. The van der Waals surface area contributed by atoms with Gasteiger partial charge in [-0.1, -0.05) is 12.1 Å². The highest BCUT2D eigenvalue weighted by Gasteiger charge is 2.16. The van der Waals surface area contributed by atoms with Crippen LogP contribution in [0, 0.1) is 22.9 Å². The summed E-state index contributed by atoms with van der Waals surface area (Å²) in [5.74, 6) is -1.03. The molecule has 0 aliphatic carbocycles. The first-order valence-corrected chi connectivity index (χ1v) is 9.00. The summed E-state index contributed by atoms with van der Waals surface area (Å²) in [6.45, 7) is 1.66. The molecule has 0 saturated heterocycles. The van der Waals surface area contributed by atoms with E-state index in [0.29, 0.717) is 26.4 Å². The maximum atomic E-state index is 13.3. The Hall–Kier alpha value is -2.65. The lowest BCUT2D eigenvalue weighted by molar-refractivity contribution is -0.385. The third-order valence-electron chi connectivity index (χ3n) is 3.60. The molecule has 1 N–H and O–H groups in total. The molecule has 6 nitrogen and oxygen atoms in total. The van der Waals surface area contributed by atoms with Gasteiger partial charge in [0.25, 0.3) is 11.6 Å². The van der Waals surface area contributed by atoms with Crippen molar-refractivity contribution in [2.75, 3.05) is 5.32 Å². The summed E-state index contributed by atoms with van der Waals surface area (Å²) in [4.78, 5) is 27.2. The van der Waals surface area contributed by atoms with E-state index in [-0.39, 0.29) is 11.3 Å². The Morgan fingerprint density at radius 3 is 2.81 bits per heavy atom. The van der Waals surface area contributed by atoms with Crippen LogP contribution in [0.5, 0.6) is 0 Å². The van der Waals surface area contributed by atoms with Crippen molar-refractivity contribution < 1.29 is 14.1 Å². The van der Waals surface area contributed by atoms with Crippen LogP contribution in [0.2, 0.25) is 0 Å². The second-order valence-corrected chi connectivity index (χ2v) is 7.09. The Balaban J connectivity index is 1.84. The van der Waals surface area contributed by atoms with E-state index in [1.54, 1.807) is 24.4 Å². The maximum Gasteiger partial charge on any atom is 0.272 e. The average molecular weight is 436 g/mol. The van der Waals surface area contributed by atoms with Gasteiger partial charge in [-0.2, -0.15) is 0 Å². The molecule has 3 aromatic rings. The summed E-state index contributed by atoms with van der Waals surface area (Å²) >= 11 is 4.38. The molecule has 1 amide bonds. The standard InChI is InChI=1S/C17H11BrFN3O3S/c1-9-2-3-10(6-15(9)22(24)25)14-8-26-17(20-14)21-16(23)12-7-11(19)4-5-13(12)18/h2-8H,1H3,(H,20,21,23). The Labute approximate surface area is 160 Å². The Morgan fingerprint density at radius 2 is 2.08 bits per heavy atom. The van der Waals surface area contributed by atoms with Crippen molar-refractivity contribution in [3.63, 3.8) is 0 Å². The third kappa shape index (κ3) is 3.78. The maximum absolute atomic E-state index is 13.3. The lowest BCUT2D eigenvalue weighted by Crippen LogP contribution is -2.12. The van der Waals surface area contributed by atoms with Crippen LogP contribution in [-0.4, -0.2) is 15.8 Å². The highest BCUT2D eigenvalue weighted by Crippen LogP contribution is 2.30. The van der Waals surface area contributed by atoms with Gasteiger partial charge < -0.3 is 0 Å². The van der Waals surface area contributed by atoms with Gasteiger partial charge in [-0.3, -0.25) is 20.2 Å². The molecule has 3 rings (SSSR count). The number of thiazole rings is 1. The van der Waals surface area contributed by atoms with Crippen molar-refractivity contribution in [3.8, 4) is 11.3 Å². The molecule has 0 fully saturated rings. The number of benzene rings is 2. The first-order chi connectivity index (χ1) is 12.3. The Morgan fingerprint density at radius 1 is 1.31 bits per heavy atom. The number of rotatable bonds is 4. The number of halogens is 2. The number of amides is 1. The van der Waals surface area contributed by atoms with Crippen molar-refractivity contribution in [1.82, 2.24) is 4.98 Å². The largest absolute Gasteiger partial charge is 0.298 e. The normalized spacial score (nSPS) is 10.6. The lowest BCUT2D eigenvalue weighted by atomic mass is 10.1. The van der Waals surface area contributed by atoms with Crippen molar-refractivity contribution in [2.45, 2.75) is 6.92 Å². The second kappa shape index (κ2) is 7.30. The summed E-state index contributed by atoms with van der Waals surface area (Å²) in [5.41, 5.74) is 1.79. The van der Waals surface area contributed by atoms with Gasteiger partial charge in [-0.05, 0) is 41.1 Å². The first kappa shape index (κ1) is 18.2. The summed E-state index contributed by atoms with van der Waals surface area (Å²) < 4.78 is 13.8. The van der Waals surface area contributed by atoms with E-state index in [1.807, 2.05) is 0 Å². The minimum atomic E-state index is -0.523. The minimum absolute atomic E-state index is 0.00442. The molecule has 0 unspecified atom stereocenters. The number of hydrogen-bond donors (Lipinski definition) is 1. The van der Waals surface area contributed by atoms with Crippen LogP contribution in [0.4, 0.5) is 15.2 Å². The topological polar surface area (TPSA) is 85.1 Å². The van der Waals surface area contributed by atoms with E-state index >= 15 is 0 Å². The molecule has 0 radical (unpaired) electrons. The van der Waals surface area contributed by atoms with Gasteiger partial charge in [0.15, 0.2) is 5.13 Å². The minimum Gasteiger partial charge on any atom is -0.298 e. The molecule has 9 heteroatoms. The number of anilines is 1. The fourth-order valence-electron chi connectivity index (χ4n) is 2.27. The summed E-state index contributed by atoms with van der Waals surface area (Å²) in [6, 6.07) is 8.63. The number of nitro groups is 1. The highest BCUT2D eigenvalue weighted by atomic mass is 79.9. The monoisotopic (exact) mass is 435 g/mol. The number of aryl methyl sites for hydroxylation is 1. The van der Waals surface area contributed by atoms with Crippen molar-refractivity contribution in [1.29, 1.82) is 0 Å². The van der Waals surface area contributed by atoms with Crippen molar-refractivity contribution in [3.05, 3.63) is 73.3 Å². The Bertz CT molecular complexity index is 1020. The fourth-order valence-corrected chi connectivity index (χ4v) is 3.41. The fraction of sp³-hybridized carbons (Fsp3) is 0.0588. The number of nitrogens with one attached hydrogen (secondary N) is 1. The number of carbonyl (C=O) groups excluding carboxylic acids is 1. The number of hydrogen-bond acceptors (Lipinski definition) is 5. The number of nitro benzene ring substituents is 1. The summed E-state index contributed by atoms with van der Waals surface area (Å²) in [6.07, 6.45) is 0. The molecule has 0 aliphatic heterocycles. The lowest BCUT2D eigenvalue weighted by Gasteiger charge is -2.04. The average Bonchev–Trinajstić information content (AvgIpc) is 3.05. The van der Waals surface area contributed by atoms with Crippen LogP contribution < -0.4 is 5.32 Å². The van der Waals surface area contributed by atoms with Crippen molar-refractivity contribution >= 4 is 44.0 Å². The van der Waals surface area contributed by atoms with E-state index < -0.39 is 16.6 Å². The van der Waals surface area contributed by atoms with E-state index in [0.717, 1.165) is 6.07 Å². The zero-order valence-corrected chi connectivity index (χ0v) is 15.7. The van der Waals surface area contributed by atoms with Gasteiger partial charge in [0, 0.05) is 27.0 Å². The molecule has 0 spiro atoms. The number of nitrogens with zero attached hydrogens (tertiary/aromatic N) is 2. The van der Waals surface area contributed by atoms with Crippen LogP contribution in [0.3, 0.4) is 0 Å². The molecular weight excluding hydrogens is 425 g/mol. The molecule has 132 valence electrons. The molecule has 0 aliphatic rings. The van der Waals surface area contributed by atoms with Crippen LogP contribution in [0.15, 0.2) is 46.3 Å². The summed E-state index contributed by atoms with van der Waals surface area (Å²) in [5, 5.41) is 15.7. The van der Waals surface area contributed by atoms with Gasteiger partial charge in [0.05, 0.1) is 16.2 Å². The van der Waals surface area contributed by atoms with E-state index in [9.17, 15) is 19.3 Å². The highest BCUT2D eigenvalue weighted by molar-refractivity contribution is 9.10. The smallest absolute Gasteiger partial charge is 0.272 e. The molecule has 0 saturated carbocycles. The SMILES string of the molecule is Cc1ccc(-c2csc(NC(=O)c3cc(F)ccc3Br)n2)cc1[N+](=O)[O-]. The zero-order valence-electron chi connectivity index (χ0n) is 13.3. The van der Waals surface area contributed by atoms with E-state index in [2.05, 4.69) is 26.2 Å². The number of aromatic nitrogens is 1. The van der Waals surface area contributed by atoms with Crippen molar-refractivity contribution in [2.24, 2.45) is 0 Å². The third-order valence-corrected chi connectivity index (χ3v) is 5.05. The molecular formula is C17H11BrFN3O3S. The first-order valence-electron chi connectivity index (χ1n) is 7.32. The van der Waals surface area contributed by atoms with Crippen LogP contribution in [0.25, 0.3) is 11.3 Å². The van der Waals surface area contributed by atoms with Gasteiger partial charge >= 0.3 is 0 Å². The Kier molecular flexibility index (Phi) is 5.10. The van der Waals surface area contributed by atoms with Gasteiger partial charge in [0.2, 0.25) is 0 Å². The predicted molar refractivity (Wildman–Crippen MR) is 101 cm³/mol. The van der Waals surface area contributed by atoms with Gasteiger partial charge in [-0.25, -0.2) is 9.37 Å². The van der Waals surface area contributed by atoms with E-state index in [1.165, 1.54) is 29.5 Å². The van der Waals surface area contributed by atoms with Gasteiger partial charge in [-0.15, -0.1) is 11.3 Å². The second-order valence-electron chi connectivity index (χ2n) is 5.37. The quantitative estimate of drug-likeness (QED) is 0.451. The molecule has 26 heavy (non-hydrogen) atoms. The van der Waals surface area contributed by atoms with Crippen LogP contribution in [-0.2, 0) is 0 Å². The van der Waals surface area contributed by atoms with Gasteiger partial charge in [0.1, 0.15) is 5.82 Å². The molecule has 0 atom stereocenters. The zero-order chi connectivity index (χ0) is 18.8. The summed E-state index contributed by atoms with van der Waals surface area (Å²) in [7, 11) is 0. The van der Waals surface area contributed by atoms with E-state index in [4.69, 9.17) is 0 Å². The molecule has 2 aromatic carbocycles.